The third kappa shape index (κ3) is 8.85. The number of aliphatic hydroxyl groups excluding tert-OH is 1. The van der Waals surface area contributed by atoms with E-state index in [1.165, 1.54) is 0 Å². The molecule has 0 spiro atoms. The largest absolute Gasteiger partial charge is 0.396 e. The second-order valence-electron chi connectivity index (χ2n) is 4.85. The first-order valence-corrected chi connectivity index (χ1v) is 6.07. The quantitative estimate of drug-likeness (QED) is 0.571. The van der Waals surface area contributed by atoms with Crippen LogP contribution in [0.1, 0.15) is 33.1 Å². The normalized spacial score (nSPS) is 13.8. The highest BCUT2D eigenvalue weighted by Gasteiger charge is 2.12. The topological polar surface area (TPSA) is 35.5 Å². The average Bonchev–Trinajstić information content (AvgIpc) is 2.15. The molecule has 2 N–H and O–H groups in total. The number of nitrogens with zero attached hydrogens (tertiary/aromatic N) is 1. The average molecular weight is 216 g/mol. The van der Waals surface area contributed by atoms with E-state index < -0.39 is 0 Å². The van der Waals surface area contributed by atoms with E-state index in [4.69, 9.17) is 5.11 Å². The van der Waals surface area contributed by atoms with Crippen molar-refractivity contribution in [2.45, 2.75) is 39.2 Å². The minimum Gasteiger partial charge on any atom is -0.396 e. The monoisotopic (exact) mass is 216 g/mol. The lowest BCUT2D eigenvalue weighted by molar-refractivity contribution is 0.274. The van der Waals surface area contributed by atoms with Crippen molar-refractivity contribution in [2.75, 3.05) is 33.8 Å². The molecule has 1 atom stereocenters. The second-order valence-corrected chi connectivity index (χ2v) is 4.85. The highest BCUT2D eigenvalue weighted by molar-refractivity contribution is 4.72. The molecule has 0 aromatic rings. The van der Waals surface area contributed by atoms with E-state index in [1.807, 2.05) is 0 Å². The number of aliphatic hydroxyl groups is 1. The maximum Gasteiger partial charge on any atom is 0.0431 e. The highest BCUT2D eigenvalue weighted by Crippen LogP contribution is 2.03. The molecule has 3 heteroatoms. The predicted octanol–water partition coefficient (Wildman–Crippen LogP) is 1.32. The van der Waals surface area contributed by atoms with Gasteiger partial charge in [0.1, 0.15) is 0 Å². The maximum absolute atomic E-state index is 8.65. The van der Waals surface area contributed by atoms with Gasteiger partial charge in [0.2, 0.25) is 0 Å². The van der Waals surface area contributed by atoms with Crippen molar-refractivity contribution in [1.82, 2.24) is 10.2 Å². The van der Waals surface area contributed by atoms with E-state index in [2.05, 4.69) is 38.2 Å². The summed E-state index contributed by atoms with van der Waals surface area (Å²) in [6.07, 6.45) is 3.22. The Morgan fingerprint density at radius 1 is 1.13 bits per heavy atom. The van der Waals surface area contributed by atoms with Gasteiger partial charge in [-0.15, -0.1) is 0 Å². The fraction of sp³-hybridized carbons (Fsp3) is 1.00. The molecule has 3 nitrogen and oxygen atoms in total. The van der Waals surface area contributed by atoms with Crippen LogP contribution < -0.4 is 5.32 Å². The zero-order valence-electron chi connectivity index (χ0n) is 10.8. The fourth-order valence-electron chi connectivity index (χ4n) is 1.61. The van der Waals surface area contributed by atoms with Crippen molar-refractivity contribution in [3.63, 3.8) is 0 Å². The van der Waals surface area contributed by atoms with Gasteiger partial charge in [0.05, 0.1) is 0 Å². The number of rotatable bonds is 9. The van der Waals surface area contributed by atoms with Gasteiger partial charge >= 0.3 is 0 Å². The van der Waals surface area contributed by atoms with Crippen LogP contribution in [0.25, 0.3) is 0 Å². The van der Waals surface area contributed by atoms with Crippen molar-refractivity contribution in [2.24, 2.45) is 5.92 Å². The summed E-state index contributed by atoms with van der Waals surface area (Å²) in [6, 6.07) is 0.578. The molecule has 0 fully saturated rings. The molecule has 92 valence electrons. The van der Waals surface area contributed by atoms with Crippen LogP contribution in [0.5, 0.6) is 0 Å². The first-order chi connectivity index (χ1) is 7.07. The van der Waals surface area contributed by atoms with E-state index >= 15 is 0 Å². The Morgan fingerprint density at radius 3 is 2.27 bits per heavy atom. The van der Waals surface area contributed by atoms with Crippen molar-refractivity contribution in [3.8, 4) is 0 Å². The number of hydrogen-bond donors (Lipinski definition) is 2. The zero-order chi connectivity index (χ0) is 11.7. The van der Waals surface area contributed by atoms with Crippen LogP contribution in [0.2, 0.25) is 0 Å². The smallest absolute Gasteiger partial charge is 0.0431 e. The minimum atomic E-state index is 0.325. The molecule has 1 unspecified atom stereocenters. The van der Waals surface area contributed by atoms with Crippen LogP contribution in [0.4, 0.5) is 0 Å². The Balaban J connectivity index is 3.58. The fourth-order valence-corrected chi connectivity index (χ4v) is 1.61. The first-order valence-electron chi connectivity index (χ1n) is 6.07. The number of nitrogens with one attached hydrogen (secondary N) is 1. The molecule has 0 aliphatic carbocycles. The summed E-state index contributed by atoms with van der Waals surface area (Å²) in [7, 11) is 4.23. The first kappa shape index (κ1) is 14.9. The molecule has 0 aromatic carbocycles. The van der Waals surface area contributed by atoms with Crippen LogP contribution in [0.15, 0.2) is 0 Å². The third-order valence-corrected chi connectivity index (χ3v) is 2.61. The standard InChI is InChI=1S/C12H28N2O/c1-11(2)12(10-14(3)4)13-8-6-5-7-9-15/h11-13,15H,5-10H2,1-4H3. The highest BCUT2D eigenvalue weighted by atomic mass is 16.2. The molecular weight excluding hydrogens is 188 g/mol. The molecular formula is C12H28N2O. The molecule has 0 aliphatic heterocycles. The third-order valence-electron chi connectivity index (χ3n) is 2.61. The number of hydrogen-bond acceptors (Lipinski definition) is 3. The Bertz CT molecular complexity index is 138. The number of unbranched alkanes of at least 4 members (excludes halogenated alkanes) is 2. The van der Waals surface area contributed by atoms with Gasteiger partial charge in [-0.05, 0) is 45.8 Å². The molecule has 0 rings (SSSR count). The molecule has 0 bridgehead atoms. The van der Waals surface area contributed by atoms with Gasteiger partial charge < -0.3 is 15.3 Å². The van der Waals surface area contributed by atoms with E-state index in [0.717, 1.165) is 32.4 Å². The van der Waals surface area contributed by atoms with Gasteiger partial charge in [-0.3, -0.25) is 0 Å². The summed E-state index contributed by atoms with van der Waals surface area (Å²) < 4.78 is 0. The van der Waals surface area contributed by atoms with Gasteiger partial charge in [-0.2, -0.15) is 0 Å². The predicted molar refractivity (Wildman–Crippen MR) is 66.1 cm³/mol. The molecule has 0 saturated carbocycles. The lowest BCUT2D eigenvalue weighted by Gasteiger charge is -2.25. The molecule has 0 aromatic heterocycles. The summed E-state index contributed by atoms with van der Waals surface area (Å²) in [4.78, 5) is 2.23. The molecule has 0 radical (unpaired) electrons. The van der Waals surface area contributed by atoms with Crippen molar-refractivity contribution in [3.05, 3.63) is 0 Å². The van der Waals surface area contributed by atoms with Gasteiger partial charge in [0, 0.05) is 19.2 Å². The Labute approximate surface area is 94.9 Å². The lowest BCUT2D eigenvalue weighted by Crippen LogP contribution is -2.42. The van der Waals surface area contributed by atoms with Crippen LogP contribution >= 0.6 is 0 Å². The summed E-state index contributed by atoms with van der Waals surface area (Å²) in [5, 5.41) is 12.2. The molecule has 0 aliphatic rings. The van der Waals surface area contributed by atoms with Gasteiger partial charge in [-0.25, -0.2) is 0 Å². The van der Waals surface area contributed by atoms with Crippen molar-refractivity contribution >= 4 is 0 Å². The summed E-state index contributed by atoms with van der Waals surface area (Å²) >= 11 is 0. The maximum atomic E-state index is 8.65. The van der Waals surface area contributed by atoms with Crippen molar-refractivity contribution < 1.29 is 5.11 Å². The lowest BCUT2D eigenvalue weighted by atomic mass is 10.0. The summed E-state index contributed by atoms with van der Waals surface area (Å²) in [5.74, 6) is 0.672. The van der Waals surface area contributed by atoms with Gasteiger partial charge in [0.25, 0.3) is 0 Å². The van der Waals surface area contributed by atoms with E-state index in [1.54, 1.807) is 0 Å². The van der Waals surface area contributed by atoms with E-state index in [9.17, 15) is 0 Å². The van der Waals surface area contributed by atoms with Crippen molar-refractivity contribution in [1.29, 1.82) is 0 Å². The van der Waals surface area contributed by atoms with Crippen LogP contribution in [-0.2, 0) is 0 Å². The van der Waals surface area contributed by atoms with Crippen LogP contribution in [0.3, 0.4) is 0 Å². The van der Waals surface area contributed by atoms with Crippen LogP contribution in [-0.4, -0.2) is 49.8 Å². The Hall–Kier alpha value is -0.120. The summed E-state index contributed by atoms with van der Waals surface area (Å²) in [5.41, 5.74) is 0. The molecule has 0 heterocycles. The number of likely N-dealkylation sites (N-methyl/N-ethyl adjacent to an activating group) is 1. The van der Waals surface area contributed by atoms with Gasteiger partial charge in [0.15, 0.2) is 0 Å². The van der Waals surface area contributed by atoms with Gasteiger partial charge in [-0.1, -0.05) is 13.8 Å². The SMILES string of the molecule is CC(C)C(CN(C)C)NCCCCCO. The van der Waals surface area contributed by atoms with E-state index in [0.29, 0.717) is 18.6 Å². The molecule has 0 saturated heterocycles. The molecule has 15 heavy (non-hydrogen) atoms. The Kier molecular flexibility index (Phi) is 9.06. The second kappa shape index (κ2) is 9.13. The van der Waals surface area contributed by atoms with Crippen LogP contribution in [0, 0.1) is 5.92 Å². The van der Waals surface area contributed by atoms with E-state index in [-0.39, 0.29) is 0 Å². The minimum absolute atomic E-state index is 0.325. The zero-order valence-corrected chi connectivity index (χ0v) is 10.8. The molecule has 0 amide bonds. The summed E-state index contributed by atoms with van der Waals surface area (Å²) in [6.45, 7) is 7.00. The Morgan fingerprint density at radius 2 is 1.80 bits per heavy atom.